The van der Waals surface area contributed by atoms with Crippen LogP contribution in [-0.4, -0.2) is 69.1 Å². The Hall–Kier alpha value is -2.36. The van der Waals surface area contributed by atoms with E-state index in [0.29, 0.717) is 29.2 Å². The smallest absolute Gasteiger partial charge is 0.369 e. The number of carbonyl (C=O) groups excluding carboxylic acids is 1. The zero-order valence-corrected chi connectivity index (χ0v) is 13.8. The number of hydrogen-bond acceptors (Lipinski definition) is 5. The number of carbonyl (C=O) groups is 1. The molecule has 3 heterocycles. The van der Waals surface area contributed by atoms with Crippen molar-refractivity contribution in [1.29, 1.82) is 0 Å². The van der Waals surface area contributed by atoms with Crippen LogP contribution in [0.25, 0.3) is 11.2 Å². The molecular formula is C15H19F3N6O. The van der Waals surface area contributed by atoms with E-state index in [1.807, 2.05) is 6.92 Å². The van der Waals surface area contributed by atoms with Gasteiger partial charge in [0, 0.05) is 38.9 Å². The summed E-state index contributed by atoms with van der Waals surface area (Å²) in [6.07, 6.45) is -2.76. The van der Waals surface area contributed by atoms with E-state index in [9.17, 15) is 18.0 Å². The Bertz CT molecular complexity index is 779. The number of aryl methyl sites for hydroxylation is 1. The van der Waals surface area contributed by atoms with Crippen LogP contribution in [0, 0.1) is 0 Å². The Morgan fingerprint density at radius 3 is 2.56 bits per heavy atom. The molecule has 1 amide bonds. The minimum absolute atomic E-state index is 0.193. The number of halogens is 3. The van der Waals surface area contributed by atoms with Crippen molar-refractivity contribution < 1.29 is 18.0 Å². The van der Waals surface area contributed by atoms with Crippen LogP contribution in [-0.2, 0) is 6.54 Å². The van der Waals surface area contributed by atoms with Gasteiger partial charge >= 0.3 is 6.18 Å². The third-order valence-electron chi connectivity index (χ3n) is 4.24. The summed E-state index contributed by atoms with van der Waals surface area (Å²) in [7, 11) is 0. The molecule has 1 fully saturated rings. The number of hydrogen-bond donors (Lipinski definition) is 1. The van der Waals surface area contributed by atoms with E-state index in [4.69, 9.17) is 5.73 Å². The summed E-state index contributed by atoms with van der Waals surface area (Å²) in [6.45, 7) is 2.46. The first kappa shape index (κ1) is 17.5. The standard InChI is InChI=1S/C15H19F3N6O/c1-2-24-12-11(21-14(24)19)7-10(8-20-12)13(25)23-5-3-22(4-6-23)9-15(16,17)18/h7-8H,2-6,9H2,1H3,(H2,19,21). The molecule has 1 aliphatic rings. The second-order valence-corrected chi connectivity index (χ2v) is 5.96. The summed E-state index contributed by atoms with van der Waals surface area (Å²) in [4.78, 5) is 23.9. The molecule has 0 bridgehead atoms. The van der Waals surface area contributed by atoms with E-state index in [2.05, 4.69) is 9.97 Å². The molecule has 0 spiro atoms. The molecule has 7 nitrogen and oxygen atoms in total. The highest BCUT2D eigenvalue weighted by molar-refractivity contribution is 5.96. The Kier molecular flexibility index (Phi) is 4.55. The van der Waals surface area contributed by atoms with Gasteiger partial charge in [0.2, 0.25) is 5.95 Å². The summed E-state index contributed by atoms with van der Waals surface area (Å²) in [5.41, 5.74) is 7.31. The normalized spacial score (nSPS) is 16.6. The fourth-order valence-electron chi connectivity index (χ4n) is 3.00. The number of amides is 1. The van der Waals surface area contributed by atoms with Crippen LogP contribution in [0.15, 0.2) is 12.3 Å². The lowest BCUT2D eigenvalue weighted by atomic mass is 10.2. The summed E-state index contributed by atoms with van der Waals surface area (Å²) < 4.78 is 39.0. The van der Waals surface area contributed by atoms with E-state index in [1.165, 1.54) is 16.0 Å². The number of piperazine rings is 1. The van der Waals surface area contributed by atoms with Crippen LogP contribution < -0.4 is 5.73 Å². The van der Waals surface area contributed by atoms with E-state index in [-0.39, 0.29) is 32.1 Å². The largest absolute Gasteiger partial charge is 0.401 e. The maximum Gasteiger partial charge on any atom is 0.401 e. The Labute approximate surface area is 142 Å². The van der Waals surface area contributed by atoms with E-state index >= 15 is 0 Å². The van der Waals surface area contributed by atoms with E-state index in [0.717, 1.165) is 0 Å². The van der Waals surface area contributed by atoms with Crippen molar-refractivity contribution in [2.75, 3.05) is 38.5 Å². The van der Waals surface area contributed by atoms with Crippen LogP contribution >= 0.6 is 0 Å². The monoisotopic (exact) mass is 356 g/mol. The van der Waals surface area contributed by atoms with Crippen molar-refractivity contribution in [3.05, 3.63) is 17.8 Å². The van der Waals surface area contributed by atoms with Crippen LogP contribution in [0.4, 0.5) is 19.1 Å². The van der Waals surface area contributed by atoms with Gasteiger partial charge in [-0.3, -0.25) is 14.3 Å². The van der Waals surface area contributed by atoms with Crippen molar-refractivity contribution in [2.24, 2.45) is 0 Å². The topological polar surface area (TPSA) is 80.3 Å². The summed E-state index contributed by atoms with van der Waals surface area (Å²) >= 11 is 0. The zero-order valence-electron chi connectivity index (χ0n) is 13.8. The molecule has 136 valence electrons. The third-order valence-corrected chi connectivity index (χ3v) is 4.24. The molecule has 1 aliphatic heterocycles. The zero-order chi connectivity index (χ0) is 18.2. The van der Waals surface area contributed by atoms with Gasteiger partial charge in [0.25, 0.3) is 5.91 Å². The molecule has 0 unspecified atom stereocenters. The average molecular weight is 356 g/mol. The first-order valence-corrected chi connectivity index (χ1v) is 7.98. The predicted octanol–water partition coefficient (Wildman–Crippen LogP) is 1.35. The van der Waals surface area contributed by atoms with Gasteiger partial charge in [0.05, 0.1) is 12.1 Å². The molecule has 0 saturated carbocycles. The molecule has 0 atom stereocenters. The first-order chi connectivity index (χ1) is 11.8. The van der Waals surface area contributed by atoms with Gasteiger partial charge in [-0.05, 0) is 13.0 Å². The number of fused-ring (bicyclic) bond motifs is 1. The molecular weight excluding hydrogens is 337 g/mol. The third kappa shape index (κ3) is 3.68. The SMILES string of the molecule is CCn1c(N)nc2cc(C(=O)N3CCN(CC(F)(F)F)CC3)cnc21. The minimum Gasteiger partial charge on any atom is -0.369 e. The molecule has 0 aliphatic carbocycles. The second kappa shape index (κ2) is 6.51. The predicted molar refractivity (Wildman–Crippen MR) is 86.0 cm³/mol. The van der Waals surface area contributed by atoms with Crippen molar-refractivity contribution in [3.8, 4) is 0 Å². The lowest BCUT2D eigenvalue weighted by molar-refractivity contribution is -0.148. The van der Waals surface area contributed by atoms with Crippen LogP contribution in [0.3, 0.4) is 0 Å². The van der Waals surface area contributed by atoms with E-state index < -0.39 is 12.7 Å². The summed E-state index contributed by atoms with van der Waals surface area (Å²) in [5.74, 6) is 0.0704. The summed E-state index contributed by atoms with van der Waals surface area (Å²) in [5, 5.41) is 0. The molecule has 3 rings (SSSR count). The second-order valence-electron chi connectivity index (χ2n) is 5.96. The number of nitrogens with zero attached hydrogens (tertiary/aromatic N) is 5. The maximum atomic E-state index is 12.6. The number of rotatable bonds is 3. The number of aromatic nitrogens is 3. The molecule has 2 aromatic rings. The molecule has 10 heteroatoms. The fraction of sp³-hybridized carbons (Fsp3) is 0.533. The van der Waals surface area contributed by atoms with Gasteiger partial charge in [0.15, 0.2) is 5.65 Å². The molecule has 2 aromatic heterocycles. The quantitative estimate of drug-likeness (QED) is 0.898. The van der Waals surface area contributed by atoms with Gasteiger partial charge < -0.3 is 10.6 Å². The Morgan fingerprint density at radius 1 is 1.28 bits per heavy atom. The lowest BCUT2D eigenvalue weighted by Gasteiger charge is -2.34. The van der Waals surface area contributed by atoms with Crippen LogP contribution in [0.2, 0.25) is 0 Å². The highest BCUT2D eigenvalue weighted by atomic mass is 19.4. The molecule has 2 N–H and O–H groups in total. The number of imidazole rings is 1. The summed E-state index contributed by atoms with van der Waals surface area (Å²) in [6, 6.07) is 1.62. The highest BCUT2D eigenvalue weighted by Crippen LogP contribution is 2.20. The first-order valence-electron chi connectivity index (χ1n) is 7.98. The molecule has 25 heavy (non-hydrogen) atoms. The molecule has 0 aromatic carbocycles. The Balaban J connectivity index is 1.71. The number of anilines is 1. The van der Waals surface area contributed by atoms with Gasteiger partial charge in [-0.1, -0.05) is 0 Å². The van der Waals surface area contributed by atoms with Crippen molar-refractivity contribution in [2.45, 2.75) is 19.6 Å². The number of nitrogen functional groups attached to an aromatic ring is 1. The van der Waals surface area contributed by atoms with Crippen LogP contribution in [0.1, 0.15) is 17.3 Å². The fourth-order valence-corrected chi connectivity index (χ4v) is 3.00. The lowest BCUT2D eigenvalue weighted by Crippen LogP contribution is -2.50. The number of nitrogens with two attached hydrogens (primary N) is 1. The Morgan fingerprint density at radius 2 is 1.96 bits per heavy atom. The van der Waals surface area contributed by atoms with Crippen molar-refractivity contribution in [3.63, 3.8) is 0 Å². The van der Waals surface area contributed by atoms with E-state index in [1.54, 1.807) is 10.6 Å². The average Bonchev–Trinajstić information content (AvgIpc) is 2.87. The molecule has 1 saturated heterocycles. The maximum absolute atomic E-state index is 12.6. The van der Waals surface area contributed by atoms with Gasteiger partial charge in [-0.2, -0.15) is 13.2 Å². The number of pyridine rings is 1. The van der Waals surface area contributed by atoms with Gasteiger partial charge in [0.1, 0.15) is 5.52 Å². The van der Waals surface area contributed by atoms with Crippen molar-refractivity contribution in [1.82, 2.24) is 24.3 Å². The number of alkyl halides is 3. The highest BCUT2D eigenvalue weighted by Gasteiger charge is 2.33. The van der Waals surface area contributed by atoms with Gasteiger partial charge in [-0.25, -0.2) is 9.97 Å². The van der Waals surface area contributed by atoms with Crippen LogP contribution in [0.5, 0.6) is 0 Å². The minimum atomic E-state index is -4.22. The van der Waals surface area contributed by atoms with Crippen molar-refractivity contribution >= 4 is 23.0 Å². The van der Waals surface area contributed by atoms with Gasteiger partial charge in [-0.15, -0.1) is 0 Å². The molecule has 0 radical (unpaired) electrons.